The molecule has 0 bridgehead atoms. The molecule has 0 unspecified atom stereocenters. The van der Waals surface area contributed by atoms with Crippen LogP contribution in [-0.2, 0) is 17.3 Å². The summed E-state index contributed by atoms with van der Waals surface area (Å²) in [4.78, 5) is 14.4. The number of aryl methyl sites for hydroxylation is 1. The highest BCUT2D eigenvalue weighted by molar-refractivity contribution is 5.93. The molecule has 0 atom stereocenters. The Morgan fingerprint density at radius 1 is 0.153 bits per heavy atom. The maximum absolute atomic E-state index is 2.57. The third-order valence-corrected chi connectivity index (χ3v) is 30.6. The molecule has 4 aliphatic rings. The standard InChI is InChI=1S/C138H108N6/c1-98-40-61-115(62-41-98)141(117-65-49-105(50-66-117)101-26-8-2-9-27-101)118-69-53-107(54-70-118)103-45-47-104(48-46-103)108-55-71-120(72-56-108)142(119-67-51-106(52-68-119)102-28-10-3-11-29-102)116-63-42-99(43-64-116)94-100-44-89-134-132(95-100)131-88-86-128(97-136(131)138(134)92-24-25-93-138)144(126-83-79-124(80-84-126)140(113-34-16-6-17-35-113)114-36-18-7-19-37-114)122-75-59-110(60-76-122)109-57-73-121(74-58-109)143(127-85-87-130-129-38-20-21-39-133(129)137(135(130)96-127)90-22-23-91-137)125-81-77-123(78-82-125)139(111-30-12-4-13-31-111)112-32-14-5-15-33-112/h2-21,26-89,95-97H,22-25,90-94H2,1H3. The van der Waals surface area contributed by atoms with Crippen molar-refractivity contribution >= 4 is 102 Å². The molecular formula is C138H108N6. The van der Waals surface area contributed by atoms with E-state index in [0.717, 1.165) is 144 Å². The molecule has 21 aromatic carbocycles. The van der Waals surface area contributed by atoms with E-state index in [4.69, 9.17) is 0 Å². The summed E-state index contributed by atoms with van der Waals surface area (Å²) < 4.78 is 0. The van der Waals surface area contributed by atoms with E-state index in [-0.39, 0.29) is 10.8 Å². The molecule has 25 rings (SSSR count). The van der Waals surface area contributed by atoms with Crippen LogP contribution in [0.5, 0.6) is 0 Å². The maximum atomic E-state index is 2.57. The Hall–Kier alpha value is -17.6. The fourth-order valence-corrected chi connectivity index (χ4v) is 23.5. The van der Waals surface area contributed by atoms with E-state index in [9.17, 15) is 0 Å². The fourth-order valence-electron chi connectivity index (χ4n) is 23.5. The topological polar surface area (TPSA) is 19.4 Å². The second-order valence-electron chi connectivity index (χ2n) is 39.1. The molecule has 2 saturated carbocycles. The molecule has 0 aliphatic heterocycles. The van der Waals surface area contributed by atoms with E-state index >= 15 is 0 Å². The lowest BCUT2D eigenvalue weighted by atomic mass is 9.76. The lowest BCUT2D eigenvalue weighted by Crippen LogP contribution is -2.21. The Balaban J connectivity index is 0.509. The van der Waals surface area contributed by atoms with Crippen molar-refractivity contribution in [2.45, 2.75) is 75.5 Å². The van der Waals surface area contributed by atoms with Crippen LogP contribution in [0, 0.1) is 6.92 Å². The summed E-state index contributed by atoms with van der Waals surface area (Å²) in [7, 11) is 0. The van der Waals surface area contributed by atoms with Crippen LogP contribution in [0.1, 0.15) is 90.3 Å². The maximum Gasteiger partial charge on any atom is 0.0465 e. The van der Waals surface area contributed by atoms with Crippen LogP contribution in [0.3, 0.4) is 0 Å². The lowest BCUT2D eigenvalue weighted by molar-refractivity contribution is 0.550. The van der Waals surface area contributed by atoms with Gasteiger partial charge in [0.2, 0.25) is 0 Å². The van der Waals surface area contributed by atoms with Crippen molar-refractivity contribution < 1.29 is 0 Å². The van der Waals surface area contributed by atoms with E-state index in [1.165, 1.54) is 133 Å². The molecular weight excluding hydrogens is 1740 g/mol. The molecule has 2 spiro atoms. The average molecular weight is 1850 g/mol. The number of para-hydroxylation sites is 4. The number of hydrogen-bond acceptors (Lipinski definition) is 6. The summed E-state index contributed by atoms with van der Waals surface area (Å²) in [6, 6.07) is 196. The molecule has 144 heavy (non-hydrogen) atoms. The summed E-state index contributed by atoms with van der Waals surface area (Å²) in [5.74, 6) is 0. The summed E-state index contributed by atoms with van der Waals surface area (Å²) in [5.41, 5.74) is 46.7. The molecule has 0 amide bonds. The Bertz CT molecular complexity index is 8020. The van der Waals surface area contributed by atoms with Crippen molar-refractivity contribution in [3.8, 4) is 77.9 Å². The second kappa shape index (κ2) is 38.2. The van der Waals surface area contributed by atoms with Crippen LogP contribution in [-0.4, -0.2) is 0 Å². The molecule has 21 aromatic rings. The zero-order valence-corrected chi connectivity index (χ0v) is 80.8. The van der Waals surface area contributed by atoms with Gasteiger partial charge in [-0.05, 0) is 369 Å². The first-order valence-corrected chi connectivity index (χ1v) is 50.9. The number of benzene rings is 21. The lowest BCUT2D eigenvalue weighted by Gasteiger charge is -2.31. The Morgan fingerprint density at radius 3 is 0.660 bits per heavy atom. The van der Waals surface area contributed by atoms with Gasteiger partial charge in [-0.2, -0.15) is 0 Å². The summed E-state index contributed by atoms with van der Waals surface area (Å²) >= 11 is 0. The van der Waals surface area contributed by atoms with E-state index in [1.54, 1.807) is 0 Å². The number of nitrogens with zero attached hydrogens (tertiary/aromatic N) is 6. The second-order valence-corrected chi connectivity index (χ2v) is 39.1. The predicted octanol–water partition coefficient (Wildman–Crippen LogP) is 38.4. The molecule has 0 N–H and O–H groups in total. The van der Waals surface area contributed by atoms with Crippen LogP contribution in [0.4, 0.5) is 102 Å². The van der Waals surface area contributed by atoms with Crippen molar-refractivity contribution in [1.29, 1.82) is 0 Å². The van der Waals surface area contributed by atoms with Crippen LogP contribution < -0.4 is 29.4 Å². The minimum absolute atomic E-state index is 0.0176. The molecule has 0 radical (unpaired) electrons. The number of fused-ring (bicyclic) bond motifs is 10. The molecule has 0 saturated heterocycles. The van der Waals surface area contributed by atoms with Gasteiger partial charge in [0.1, 0.15) is 0 Å². The molecule has 0 aromatic heterocycles. The number of rotatable bonds is 25. The van der Waals surface area contributed by atoms with Crippen LogP contribution in [0.15, 0.2) is 528 Å². The first-order valence-electron chi connectivity index (χ1n) is 50.9. The first kappa shape index (κ1) is 87.9. The zero-order chi connectivity index (χ0) is 95.9. The smallest absolute Gasteiger partial charge is 0.0465 e. The van der Waals surface area contributed by atoms with Gasteiger partial charge in [0.15, 0.2) is 0 Å². The molecule has 690 valence electrons. The average Bonchev–Trinajstić information content (AvgIpc) is 1.56. The molecule has 6 heteroatoms. The minimum Gasteiger partial charge on any atom is -0.311 e. The van der Waals surface area contributed by atoms with Gasteiger partial charge >= 0.3 is 0 Å². The highest BCUT2D eigenvalue weighted by Gasteiger charge is 2.47. The van der Waals surface area contributed by atoms with Crippen LogP contribution in [0.2, 0.25) is 0 Å². The SMILES string of the molecule is Cc1ccc(N(c2ccc(-c3ccccc3)cc2)c2ccc(-c3ccc(-c4ccc(N(c5ccc(Cc6ccc7c(c6)-c6ccc(N(c8ccc(-c9ccc(N(c%10ccc(N(c%11ccccc%11)c%11ccccc%11)cc%10)c%10ccc%11c(c%10)C%10(CCCC%10)c%10ccccc%10-%11)cc9)cc8)c8ccc(N(c9ccccc9)c9ccccc9)cc8)cc6C76CCCC6)cc5)c5ccc(-c6ccccc6)cc5)cc4)cc3)cc2)cc1. The third-order valence-electron chi connectivity index (χ3n) is 30.6. The number of hydrogen-bond donors (Lipinski definition) is 0. The van der Waals surface area contributed by atoms with Gasteiger partial charge < -0.3 is 29.4 Å². The van der Waals surface area contributed by atoms with E-state index in [0.29, 0.717) is 0 Å². The van der Waals surface area contributed by atoms with Crippen LogP contribution >= 0.6 is 0 Å². The Labute approximate surface area is 845 Å². The van der Waals surface area contributed by atoms with Gasteiger partial charge in [0, 0.05) is 113 Å². The summed E-state index contributed by atoms with van der Waals surface area (Å²) in [6.45, 7) is 2.14. The minimum atomic E-state index is -0.0986. The Kier molecular flexibility index (Phi) is 23.3. The summed E-state index contributed by atoms with van der Waals surface area (Å²) in [6.07, 6.45) is 10.2. The Morgan fingerprint density at radius 2 is 0.354 bits per heavy atom. The van der Waals surface area contributed by atoms with Crippen molar-refractivity contribution in [2.24, 2.45) is 0 Å². The predicted molar refractivity (Wildman–Crippen MR) is 605 cm³/mol. The third kappa shape index (κ3) is 16.7. The fraction of sp³-hybridized carbons (Fsp3) is 0.0870. The van der Waals surface area contributed by atoms with Gasteiger partial charge in [-0.15, -0.1) is 0 Å². The van der Waals surface area contributed by atoms with Gasteiger partial charge in [-0.1, -0.05) is 341 Å². The van der Waals surface area contributed by atoms with E-state index in [2.05, 4.69) is 564 Å². The first-order chi connectivity index (χ1) is 71.2. The quantitative estimate of drug-likeness (QED) is 0.0564. The highest BCUT2D eigenvalue weighted by Crippen LogP contribution is 2.61. The molecule has 4 aliphatic carbocycles. The van der Waals surface area contributed by atoms with Gasteiger partial charge in [0.25, 0.3) is 0 Å². The molecule has 2 fully saturated rings. The van der Waals surface area contributed by atoms with Gasteiger partial charge in [-0.25, -0.2) is 0 Å². The van der Waals surface area contributed by atoms with Gasteiger partial charge in [-0.3, -0.25) is 0 Å². The zero-order valence-electron chi connectivity index (χ0n) is 80.8. The normalized spacial score (nSPS) is 13.2. The summed E-state index contributed by atoms with van der Waals surface area (Å²) in [5, 5.41) is 0. The highest BCUT2D eigenvalue weighted by atomic mass is 15.2. The number of anilines is 18. The van der Waals surface area contributed by atoms with Crippen molar-refractivity contribution in [1.82, 2.24) is 0 Å². The van der Waals surface area contributed by atoms with E-state index in [1.807, 2.05) is 0 Å². The molecule has 6 nitrogen and oxygen atoms in total. The van der Waals surface area contributed by atoms with Gasteiger partial charge in [0.05, 0.1) is 0 Å². The largest absolute Gasteiger partial charge is 0.311 e. The van der Waals surface area contributed by atoms with E-state index < -0.39 is 0 Å². The van der Waals surface area contributed by atoms with Crippen molar-refractivity contribution in [2.75, 3.05) is 29.4 Å². The van der Waals surface area contributed by atoms with Crippen LogP contribution in [0.25, 0.3) is 77.9 Å². The monoisotopic (exact) mass is 1850 g/mol. The van der Waals surface area contributed by atoms with Crippen molar-refractivity contribution in [3.63, 3.8) is 0 Å². The molecule has 0 heterocycles. The van der Waals surface area contributed by atoms with Crippen molar-refractivity contribution in [3.05, 3.63) is 567 Å².